The lowest BCUT2D eigenvalue weighted by Crippen LogP contribution is -2.51. The number of carbonyl (C=O) groups is 2. The first-order valence-electron chi connectivity index (χ1n) is 8.60. The summed E-state index contributed by atoms with van der Waals surface area (Å²) in [6.45, 7) is 4.89. The lowest BCUT2D eigenvalue weighted by atomic mass is 10.1. The zero-order valence-corrected chi connectivity index (χ0v) is 15.5. The van der Waals surface area contributed by atoms with E-state index in [0.29, 0.717) is 38.3 Å². The van der Waals surface area contributed by atoms with Crippen molar-refractivity contribution in [1.82, 2.24) is 15.1 Å². The van der Waals surface area contributed by atoms with Gasteiger partial charge in [0.15, 0.2) is 0 Å². The van der Waals surface area contributed by atoms with Crippen LogP contribution < -0.4 is 5.32 Å². The highest BCUT2D eigenvalue weighted by atomic mass is 32.1. The Morgan fingerprint density at radius 1 is 1.19 bits per heavy atom. The molecule has 2 heterocycles. The van der Waals surface area contributed by atoms with Gasteiger partial charge < -0.3 is 10.2 Å². The van der Waals surface area contributed by atoms with Crippen molar-refractivity contribution in [2.75, 3.05) is 32.7 Å². The van der Waals surface area contributed by atoms with E-state index in [1.54, 1.807) is 13.0 Å². The maximum atomic E-state index is 13.5. The molecule has 26 heavy (non-hydrogen) atoms. The van der Waals surface area contributed by atoms with E-state index >= 15 is 0 Å². The van der Waals surface area contributed by atoms with Gasteiger partial charge in [0.25, 0.3) is 5.91 Å². The van der Waals surface area contributed by atoms with Crippen LogP contribution in [0.25, 0.3) is 0 Å². The van der Waals surface area contributed by atoms with Crippen LogP contribution in [0.1, 0.15) is 20.8 Å². The molecule has 3 rings (SSSR count). The second-order valence-corrected chi connectivity index (χ2v) is 7.35. The molecule has 0 spiro atoms. The molecule has 138 valence electrons. The van der Waals surface area contributed by atoms with E-state index < -0.39 is 0 Å². The number of amides is 2. The van der Waals surface area contributed by atoms with Gasteiger partial charge in [0.1, 0.15) is 5.82 Å². The maximum Gasteiger partial charge on any atom is 0.264 e. The Morgan fingerprint density at radius 3 is 2.62 bits per heavy atom. The van der Waals surface area contributed by atoms with E-state index in [1.165, 1.54) is 17.4 Å². The third-order valence-corrected chi connectivity index (χ3v) is 5.34. The van der Waals surface area contributed by atoms with Crippen LogP contribution in [-0.4, -0.2) is 54.3 Å². The molecular weight excluding hydrogens is 353 g/mol. The fourth-order valence-corrected chi connectivity index (χ4v) is 3.56. The van der Waals surface area contributed by atoms with Gasteiger partial charge in [-0.25, -0.2) is 4.39 Å². The predicted octanol–water partition coefficient (Wildman–Crippen LogP) is 2.27. The smallest absolute Gasteiger partial charge is 0.264 e. The molecule has 1 aliphatic rings. The van der Waals surface area contributed by atoms with Crippen molar-refractivity contribution in [3.05, 3.63) is 57.5 Å². The third kappa shape index (κ3) is 4.68. The number of piperazine rings is 1. The molecule has 0 unspecified atom stereocenters. The van der Waals surface area contributed by atoms with E-state index in [0.717, 1.165) is 10.4 Å². The summed E-state index contributed by atoms with van der Waals surface area (Å²) in [4.78, 5) is 29.0. The van der Waals surface area contributed by atoms with Crippen molar-refractivity contribution in [1.29, 1.82) is 0 Å². The normalized spacial score (nSPS) is 15.1. The molecule has 1 saturated heterocycles. The van der Waals surface area contributed by atoms with Gasteiger partial charge in [-0.05, 0) is 35.6 Å². The molecule has 1 aromatic heterocycles. The van der Waals surface area contributed by atoms with Crippen LogP contribution in [0.15, 0.2) is 35.7 Å². The van der Waals surface area contributed by atoms with E-state index in [-0.39, 0.29) is 24.2 Å². The molecule has 0 bridgehead atoms. The quantitative estimate of drug-likeness (QED) is 0.872. The summed E-state index contributed by atoms with van der Waals surface area (Å²) in [7, 11) is 0. The minimum atomic E-state index is -0.261. The van der Waals surface area contributed by atoms with Gasteiger partial charge >= 0.3 is 0 Å². The second kappa shape index (κ2) is 8.42. The summed E-state index contributed by atoms with van der Waals surface area (Å²) < 4.78 is 13.5. The number of benzene rings is 1. The van der Waals surface area contributed by atoms with Crippen LogP contribution in [0, 0.1) is 12.7 Å². The van der Waals surface area contributed by atoms with Crippen molar-refractivity contribution in [3.63, 3.8) is 0 Å². The van der Waals surface area contributed by atoms with Crippen LogP contribution in [0.2, 0.25) is 0 Å². The number of nitrogens with zero attached hydrogens (tertiary/aromatic N) is 2. The van der Waals surface area contributed by atoms with Crippen LogP contribution in [0.5, 0.6) is 0 Å². The SMILES string of the molecule is Cc1ccc(CNC(=O)CN2CCN(C(=O)c3cccs3)CC2)cc1F. The zero-order chi connectivity index (χ0) is 18.5. The number of carbonyl (C=O) groups excluding carboxylic acids is 2. The highest BCUT2D eigenvalue weighted by molar-refractivity contribution is 7.12. The van der Waals surface area contributed by atoms with E-state index in [1.807, 2.05) is 33.4 Å². The van der Waals surface area contributed by atoms with Crippen LogP contribution in [-0.2, 0) is 11.3 Å². The van der Waals surface area contributed by atoms with Crippen LogP contribution in [0.3, 0.4) is 0 Å². The molecule has 2 aromatic rings. The summed E-state index contributed by atoms with van der Waals surface area (Å²) in [5.41, 5.74) is 1.34. The predicted molar refractivity (Wildman–Crippen MR) is 99.6 cm³/mol. The van der Waals surface area contributed by atoms with Crippen molar-refractivity contribution < 1.29 is 14.0 Å². The van der Waals surface area contributed by atoms with Gasteiger partial charge in [-0.2, -0.15) is 0 Å². The summed E-state index contributed by atoms with van der Waals surface area (Å²) in [6.07, 6.45) is 0. The standard InChI is InChI=1S/C19H22FN3O2S/c1-14-4-5-15(11-16(14)20)12-21-18(24)13-22-6-8-23(9-7-22)19(25)17-3-2-10-26-17/h2-5,10-11H,6-9,12-13H2,1H3,(H,21,24). The Balaban J connectivity index is 1.42. The summed E-state index contributed by atoms with van der Waals surface area (Å²) in [5.74, 6) is -0.294. The van der Waals surface area contributed by atoms with E-state index in [4.69, 9.17) is 0 Å². The number of hydrogen-bond donors (Lipinski definition) is 1. The maximum absolute atomic E-state index is 13.5. The molecule has 0 saturated carbocycles. The van der Waals surface area contributed by atoms with Crippen LogP contribution >= 0.6 is 11.3 Å². The summed E-state index contributed by atoms with van der Waals surface area (Å²) in [5, 5.41) is 4.72. The third-order valence-electron chi connectivity index (χ3n) is 4.48. The number of aryl methyl sites for hydroxylation is 1. The Hall–Kier alpha value is -2.25. The van der Waals surface area contributed by atoms with Gasteiger partial charge in [-0.15, -0.1) is 11.3 Å². The molecule has 2 amide bonds. The minimum absolute atomic E-state index is 0.0606. The Bertz CT molecular complexity index is 771. The largest absolute Gasteiger partial charge is 0.351 e. The monoisotopic (exact) mass is 375 g/mol. The number of hydrogen-bond acceptors (Lipinski definition) is 4. The van der Waals surface area contributed by atoms with E-state index in [2.05, 4.69) is 5.32 Å². The minimum Gasteiger partial charge on any atom is -0.351 e. The molecule has 1 fully saturated rings. The molecule has 1 aliphatic heterocycles. The summed E-state index contributed by atoms with van der Waals surface area (Å²) in [6, 6.07) is 8.68. The molecule has 0 radical (unpaired) electrons. The molecule has 1 aromatic carbocycles. The Kier molecular flexibility index (Phi) is 6.00. The molecule has 5 nitrogen and oxygen atoms in total. The molecule has 7 heteroatoms. The fraction of sp³-hybridized carbons (Fsp3) is 0.368. The number of halogens is 1. The van der Waals surface area contributed by atoms with Gasteiger partial charge in [0.05, 0.1) is 11.4 Å². The van der Waals surface area contributed by atoms with Gasteiger partial charge in [-0.1, -0.05) is 18.2 Å². The number of thiophene rings is 1. The second-order valence-electron chi connectivity index (χ2n) is 6.41. The zero-order valence-electron chi connectivity index (χ0n) is 14.7. The van der Waals surface area contributed by atoms with Gasteiger partial charge in [-0.3, -0.25) is 14.5 Å². The first-order valence-corrected chi connectivity index (χ1v) is 9.48. The first-order chi connectivity index (χ1) is 12.5. The Morgan fingerprint density at radius 2 is 1.96 bits per heavy atom. The van der Waals surface area contributed by atoms with Crippen LogP contribution in [0.4, 0.5) is 4.39 Å². The van der Waals surface area contributed by atoms with Crippen molar-refractivity contribution in [2.45, 2.75) is 13.5 Å². The van der Waals surface area contributed by atoms with Crippen molar-refractivity contribution in [3.8, 4) is 0 Å². The van der Waals surface area contributed by atoms with Gasteiger partial charge in [0, 0.05) is 32.7 Å². The topological polar surface area (TPSA) is 52.7 Å². The number of rotatable bonds is 5. The average Bonchev–Trinajstić information content (AvgIpc) is 3.17. The molecule has 0 atom stereocenters. The lowest BCUT2D eigenvalue weighted by Gasteiger charge is -2.34. The number of nitrogens with one attached hydrogen (secondary N) is 1. The summed E-state index contributed by atoms with van der Waals surface area (Å²) >= 11 is 1.45. The highest BCUT2D eigenvalue weighted by Crippen LogP contribution is 2.14. The van der Waals surface area contributed by atoms with Crippen molar-refractivity contribution in [2.24, 2.45) is 0 Å². The first kappa shape index (κ1) is 18.5. The molecular formula is C19H22FN3O2S. The Labute approximate surface area is 156 Å². The highest BCUT2D eigenvalue weighted by Gasteiger charge is 2.23. The average molecular weight is 375 g/mol. The molecule has 0 aliphatic carbocycles. The molecule has 1 N–H and O–H groups in total. The fourth-order valence-electron chi connectivity index (χ4n) is 2.87. The van der Waals surface area contributed by atoms with Gasteiger partial charge in [0.2, 0.25) is 5.91 Å². The lowest BCUT2D eigenvalue weighted by molar-refractivity contribution is -0.122. The van der Waals surface area contributed by atoms with Crippen molar-refractivity contribution >= 4 is 23.2 Å². The van der Waals surface area contributed by atoms with E-state index in [9.17, 15) is 14.0 Å².